The molecule has 7 heteroatoms. The van der Waals surface area contributed by atoms with E-state index in [9.17, 15) is 9.18 Å². The Kier molecular flexibility index (Phi) is 3.74. The first kappa shape index (κ1) is 12.7. The molecular formula is C11H6Cl2FN3O. The lowest BCUT2D eigenvalue weighted by molar-refractivity contribution is 0.102. The molecule has 0 atom stereocenters. The summed E-state index contributed by atoms with van der Waals surface area (Å²) in [6, 6.07) is 5.50. The predicted octanol–water partition coefficient (Wildman–Crippen LogP) is 3.17. The van der Waals surface area contributed by atoms with Crippen molar-refractivity contribution in [3.63, 3.8) is 0 Å². The van der Waals surface area contributed by atoms with Crippen LogP contribution >= 0.6 is 23.2 Å². The number of amides is 1. The van der Waals surface area contributed by atoms with E-state index in [0.717, 1.165) is 0 Å². The molecule has 0 fully saturated rings. The zero-order valence-electron chi connectivity index (χ0n) is 8.82. The first-order valence-corrected chi connectivity index (χ1v) is 5.56. The topological polar surface area (TPSA) is 54.9 Å². The molecular weight excluding hydrogens is 280 g/mol. The molecule has 0 radical (unpaired) electrons. The van der Waals surface area contributed by atoms with Crippen LogP contribution in [0.15, 0.2) is 30.6 Å². The number of anilines is 1. The number of aromatic nitrogens is 2. The van der Waals surface area contributed by atoms with Crippen LogP contribution < -0.4 is 5.32 Å². The molecule has 1 N–H and O–H groups in total. The zero-order chi connectivity index (χ0) is 13.1. The molecule has 1 heterocycles. The standard InChI is InChI=1S/C11H6Cl2FN3O/c12-7-3-1-2-6(10(7)14)11(18)17-9-4-8(13)15-5-16-9/h1-5H,(H,15,16,17,18). The average Bonchev–Trinajstić information content (AvgIpc) is 2.32. The monoisotopic (exact) mass is 285 g/mol. The highest BCUT2D eigenvalue weighted by Gasteiger charge is 2.14. The highest BCUT2D eigenvalue weighted by atomic mass is 35.5. The van der Waals surface area contributed by atoms with Gasteiger partial charge in [-0.15, -0.1) is 0 Å². The van der Waals surface area contributed by atoms with Gasteiger partial charge in [-0.3, -0.25) is 4.79 Å². The van der Waals surface area contributed by atoms with E-state index >= 15 is 0 Å². The van der Waals surface area contributed by atoms with Gasteiger partial charge in [-0.1, -0.05) is 29.3 Å². The smallest absolute Gasteiger partial charge is 0.259 e. The lowest BCUT2D eigenvalue weighted by atomic mass is 10.2. The Hall–Kier alpha value is -1.72. The van der Waals surface area contributed by atoms with Crippen LogP contribution in [0.4, 0.5) is 10.2 Å². The summed E-state index contributed by atoms with van der Waals surface area (Å²) in [6.07, 6.45) is 1.19. The largest absolute Gasteiger partial charge is 0.306 e. The lowest BCUT2D eigenvalue weighted by Crippen LogP contribution is -2.14. The van der Waals surface area contributed by atoms with Crippen molar-refractivity contribution >= 4 is 34.9 Å². The Morgan fingerprint density at radius 1 is 1.28 bits per heavy atom. The number of hydrogen-bond donors (Lipinski definition) is 1. The molecule has 0 bridgehead atoms. The quantitative estimate of drug-likeness (QED) is 0.863. The summed E-state index contributed by atoms with van der Waals surface area (Å²) in [4.78, 5) is 19.2. The van der Waals surface area contributed by atoms with Gasteiger partial charge in [0, 0.05) is 6.07 Å². The molecule has 2 rings (SSSR count). The first-order valence-electron chi connectivity index (χ1n) is 4.81. The number of nitrogens with zero attached hydrogens (tertiary/aromatic N) is 2. The second-order valence-corrected chi connectivity index (χ2v) is 4.08. The molecule has 0 saturated heterocycles. The van der Waals surface area contributed by atoms with Gasteiger partial charge in [0.1, 0.15) is 17.3 Å². The second kappa shape index (κ2) is 5.29. The fourth-order valence-corrected chi connectivity index (χ4v) is 1.59. The maximum Gasteiger partial charge on any atom is 0.259 e. The van der Waals surface area contributed by atoms with Gasteiger partial charge in [0.15, 0.2) is 5.82 Å². The number of halogens is 3. The molecule has 1 aromatic carbocycles. The number of rotatable bonds is 2. The van der Waals surface area contributed by atoms with E-state index in [1.807, 2.05) is 0 Å². The lowest BCUT2D eigenvalue weighted by Gasteiger charge is -2.05. The van der Waals surface area contributed by atoms with E-state index in [1.54, 1.807) is 0 Å². The minimum atomic E-state index is -0.781. The van der Waals surface area contributed by atoms with E-state index in [-0.39, 0.29) is 21.6 Å². The third-order valence-corrected chi connectivity index (χ3v) is 2.57. The Labute approximate surface area is 112 Å². The van der Waals surface area contributed by atoms with Crippen LogP contribution in [0.25, 0.3) is 0 Å². The van der Waals surface area contributed by atoms with Gasteiger partial charge in [0.05, 0.1) is 10.6 Å². The van der Waals surface area contributed by atoms with E-state index in [4.69, 9.17) is 23.2 Å². The number of hydrogen-bond acceptors (Lipinski definition) is 3. The van der Waals surface area contributed by atoms with Crippen LogP contribution in [-0.4, -0.2) is 15.9 Å². The molecule has 0 aliphatic rings. The molecule has 92 valence electrons. The molecule has 0 aliphatic heterocycles. The van der Waals surface area contributed by atoms with E-state index < -0.39 is 11.7 Å². The van der Waals surface area contributed by atoms with Crippen LogP contribution in [0, 0.1) is 5.82 Å². The minimum Gasteiger partial charge on any atom is -0.306 e. The summed E-state index contributed by atoms with van der Waals surface area (Å²) in [5.74, 6) is -1.26. The van der Waals surface area contributed by atoms with E-state index in [1.165, 1.54) is 30.6 Å². The SMILES string of the molecule is O=C(Nc1cc(Cl)ncn1)c1cccc(Cl)c1F. The van der Waals surface area contributed by atoms with Gasteiger partial charge >= 0.3 is 0 Å². The van der Waals surface area contributed by atoms with Crippen LogP contribution in [0.1, 0.15) is 10.4 Å². The van der Waals surface area contributed by atoms with Crippen molar-refractivity contribution in [2.75, 3.05) is 5.32 Å². The van der Waals surface area contributed by atoms with Gasteiger partial charge < -0.3 is 5.32 Å². The van der Waals surface area contributed by atoms with Crippen molar-refractivity contribution in [1.82, 2.24) is 9.97 Å². The molecule has 0 unspecified atom stereocenters. The number of nitrogens with one attached hydrogen (secondary N) is 1. The van der Waals surface area contributed by atoms with E-state index in [2.05, 4.69) is 15.3 Å². The number of benzene rings is 1. The Morgan fingerprint density at radius 2 is 2.06 bits per heavy atom. The highest BCUT2D eigenvalue weighted by Crippen LogP contribution is 2.19. The fourth-order valence-electron chi connectivity index (χ4n) is 1.26. The maximum atomic E-state index is 13.6. The number of carbonyl (C=O) groups excluding carboxylic acids is 1. The van der Waals surface area contributed by atoms with Gasteiger partial charge in [0.25, 0.3) is 5.91 Å². The minimum absolute atomic E-state index is 0.122. The summed E-state index contributed by atoms with van der Waals surface area (Å²) < 4.78 is 13.6. The Bertz CT molecular complexity index is 607. The van der Waals surface area contributed by atoms with Crippen LogP contribution in [0.5, 0.6) is 0 Å². The van der Waals surface area contributed by atoms with Crippen molar-refractivity contribution in [2.45, 2.75) is 0 Å². The summed E-state index contributed by atoms with van der Waals surface area (Å²) in [7, 11) is 0. The van der Waals surface area contributed by atoms with Crippen LogP contribution in [-0.2, 0) is 0 Å². The molecule has 4 nitrogen and oxygen atoms in total. The summed E-state index contributed by atoms with van der Waals surface area (Å²) >= 11 is 11.2. The predicted molar refractivity (Wildman–Crippen MR) is 66.4 cm³/mol. The highest BCUT2D eigenvalue weighted by molar-refractivity contribution is 6.31. The normalized spacial score (nSPS) is 10.2. The third-order valence-electron chi connectivity index (χ3n) is 2.07. The summed E-state index contributed by atoms with van der Waals surface area (Å²) in [6.45, 7) is 0. The molecule has 1 amide bonds. The molecule has 0 aliphatic carbocycles. The maximum absolute atomic E-state index is 13.6. The second-order valence-electron chi connectivity index (χ2n) is 3.28. The van der Waals surface area contributed by atoms with Crippen molar-refractivity contribution in [3.8, 4) is 0 Å². The summed E-state index contributed by atoms with van der Waals surface area (Å²) in [5, 5.41) is 2.45. The van der Waals surface area contributed by atoms with Crippen LogP contribution in [0.2, 0.25) is 10.2 Å². The third kappa shape index (κ3) is 2.75. The van der Waals surface area contributed by atoms with Gasteiger partial charge in [-0.25, -0.2) is 14.4 Å². The van der Waals surface area contributed by atoms with Crippen molar-refractivity contribution in [2.24, 2.45) is 0 Å². The fraction of sp³-hybridized carbons (Fsp3) is 0. The van der Waals surface area contributed by atoms with Gasteiger partial charge in [0.2, 0.25) is 0 Å². The number of carbonyl (C=O) groups is 1. The van der Waals surface area contributed by atoms with Crippen molar-refractivity contribution in [1.29, 1.82) is 0 Å². The molecule has 18 heavy (non-hydrogen) atoms. The zero-order valence-corrected chi connectivity index (χ0v) is 10.3. The van der Waals surface area contributed by atoms with Gasteiger partial charge in [-0.05, 0) is 12.1 Å². The Balaban J connectivity index is 2.25. The first-order chi connectivity index (χ1) is 8.58. The molecule has 1 aromatic heterocycles. The average molecular weight is 286 g/mol. The van der Waals surface area contributed by atoms with Crippen molar-refractivity contribution in [3.05, 3.63) is 52.1 Å². The van der Waals surface area contributed by atoms with Crippen LogP contribution in [0.3, 0.4) is 0 Å². The Morgan fingerprint density at radius 3 is 2.78 bits per heavy atom. The molecule has 2 aromatic rings. The summed E-state index contributed by atoms with van der Waals surface area (Å²) in [5.41, 5.74) is -0.169. The van der Waals surface area contributed by atoms with E-state index in [0.29, 0.717) is 0 Å². The van der Waals surface area contributed by atoms with Crippen molar-refractivity contribution < 1.29 is 9.18 Å². The van der Waals surface area contributed by atoms with Gasteiger partial charge in [-0.2, -0.15) is 0 Å². The molecule has 0 saturated carbocycles. The molecule has 0 spiro atoms.